The fourth-order valence-electron chi connectivity index (χ4n) is 2.90. The van der Waals surface area contributed by atoms with Crippen molar-refractivity contribution in [2.75, 3.05) is 13.1 Å². The van der Waals surface area contributed by atoms with Crippen molar-refractivity contribution < 1.29 is 9.90 Å². The van der Waals surface area contributed by atoms with E-state index in [1.807, 2.05) is 11.8 Å². The molecule has 1 N–H and O–H groups in total. The van der Waals surface area contributed by atoms with Crippen LogP contribution in [0.25, 0.3) is 0 Å². The minimum atomic E-state index is -0.367. The van der Waals surface area contributed by atoms with Crippen LogP contribution in [0.3, 0.4) is 0 Å². The molecule has 0 aliphatic carbocycles. The van der Waals surface area contributed by atoms with E-state index in [0.29, 0.717) is 18.9 Å². The van der Waals surface area contributed by atoms with E-state index in [0.717, 1.165) is 19.4 Å². The summed E-state index contributed by atoms with van der Waals surface area (Å²) in [5.74, 6) is 0.466. The normalized spacial score (nSPS) is 22.9. The summed E-state index contributed by atoms with van der Waals surface area (Å²) < 4.78 is 0. The van der Waals surface area contributed by atoms with Crippen molar-refractivity contribution in [3.63, 3.8) is 0 Å². The number of piperidine rings is 1. The maximum atomic E-state index is 12.2. The second-order valence-electron chi connectivity index (χ2n) is 6.17. The molecule has 3 nitrogen and oxygen atoms in total. The summed E-state index contributed by atoms with van der Waals surface area (Å²) in [5.41, 5.74) is 3.71. The van der Waals surface area contributed by atoms with Gasteiger partial charge in [0.25, 0.3) is 0 Å². The van der Waals surface area contributed by atoms with Crippen molar-refractivity contribution in [2.24, 2.45) is 5.92 Å². The predicted molar refractivity (Wildman–Crippen MR) is 80.6 cm³/mol. The zero-order valence-corrected chi connectivity index (χ0v) is 12.7. The third-order valence-electron chi connectivity index (χ3n) is 4.18. The molecule has 1 aliphatic rings. The number of hydrogen-bond donors (Lipinski definition) is 1. The number of amides is 1. The Morgan fingerprint density at radius 2 is 1.95 bits per heavy atom. The molecule has 1 aromatic rings. The highest BCUT2D eigenvalue weighted by Gasteiger charge is 2.26. The van der Waals surface area contributed by atoms with Gasteiger partial charge in [0.05, 0.1) is 6.10 Å². The molecule has 1 fully saturated rings. The summed E-state index contributed by atoms with van der Waals surface area (Å²) in [4.78, 5) is 14.0. The third-order valence-corrected chi connectivity index (χ3v) is 4.18. The van der Waals surface area contributed by atoms with Crippen LogP contribution in [-0.4, -0.2) is 35.1 Å². The van der Waals surface area contributed by atoms with Crippen molar-refractivity contribution in [1.29, 1.82) is 0 Å². The molecule has 1 aromatic carbocycles. The minimum Gasteiger partial charge on any atom is -0.391 e. The third kappa shape index (κ3) is 3.83. The quantitative estimate of drug-likeness (QED) is 0.920. The van der Waals surface area contributed by atoms with Gasteiger partial charge in [-0.2, -0.15) is 0 Å². The Hall–Kier alpha value is -1.35. The average molecular weight is 275 g/mol. The molecule has 0 radical (unpaired) electrons. The monoisotopic (exact) mass is 275 g/mol. The van der Waals surface area contributed by atoms with Gasteiger partial charge in [0.2, 0.25) is 5.91 Å². The molecule has 0 saturated carbocycles. The highest BCUT2D eigenvalue weighted by molar-refractivity contribution is 5.76. The first-order valence-corrected chi connectivity index (χ1v) is 7.48. The van der Waals surface area contributed by atoms with Crippen LogP contribution < -0.4 is 0 Å². The zero-order chi connectivity index (χ0) is 14.7. The summed E-state index contributed by atoms with van der Waals surface area (Å²) in [6.45, 7) is 7.49. The lowest BCUT2D eigenvalue weighted by Gasteiger charge is -2.34. The molecule has 0 spiro atoms. The molecule has 1 aliphatic heterocycles. The number of aliphatic hydroxyl groups is 1. The van der Waals surface area contributed by atoms with Crippen molar-refractivity contribution in [3.8, 4) is 0 Å². The first-order valence-electron chi connectivity index (χ1n) is 7.48. The van der Waals surface area contributed by atoms with Gasteiger partial charge in [-0.05, 0) is 38.2 Å². The maximum absolute atomic E-state index is 12.2. The Kier molecular flexibility index (Phi) is 4.81. The van der Waals surface area contributed by atoms with Crippen molar-refractivity contribution >= 4 is 5.91 Å². The predicted octanol–water partition coefficient (Wildman–Crippen LogP) is 2.47. The van der Waals surface area contributed by atoms with E-state index >= 15 is 0 Å². The van der Waals surface area contributed by atoms with Gasteiger partial charge in [-0.3, -0.25) is 4.79 Å². The molecular formula is C17H25NO2. The number of rotatable bonds is 3. The standard InChI is InChI=1S/C17H25NO2/c1-12-8-13(2)10-15(9-12)4-5-17(20)18-7-6-14(3)16(19)11-18/h8-10,14,16,19H,4-7,11H2,1-3H3. The van der Waals surface area contributed by atoms with Gasteiger partial charge >= 0.3 is 0 Å². The van der Waals surface area contributed by atoms with E-state index in [1.165, 1.54) is 16.7 Å². The van der Waals surface area contributed by atoms with Gasteiger partial charge in [0.15, 0.2) is 0 Å². The molecule has 0 aromatic heterocycles. The van der Waals surface area contributed by atoms with Crippen LogP contribution in [0.1, 0.15) is 36.5 Å². The van der Waals surface area contributed by atoms with Crippen LogP contribution in [0, 0.1) is 19.8 Å². The lowest BCUT2D eigenvalue weighted by molar-refractivity contribution is -0.135. The molecule has 1 amide bonds. The summed E-state index contributed by atoms with van der Waals surface area (Å²) in [7, 11) is 0. The SMILES string of the molecule is Cc1cc(C)cc(CCC(=O)N2CCC(C)C(O)C2)c1. The maximum Gasteiger partial charge on any atom is 0.222 e. The van der Waals surface area contributed by atoms with E-state index in [-0.39, 0.29) is 12.0 Å². The Morgan fingerprint density at radius 3 is 2.55 bits per heavy atom. The first kappa shape index (κ1) is 15.0. The van der Waals surface area contributed by atoms with Gasteiger partial charge in [-0.1, -0.05) is 36.2 Å². The average Bonchev–Trinajstić information content (AvgIpc) is 2.38. The van der Waals surface area contributed by atoms with Crippen LogP contribution in [0.2, 0.25) is 0 Å². The van der Waals surface area contributed by atoms with Crippen LogP contribution in [0.5, 0.6) is 0 Å². The number of benzene rings is 1. The number of aryl methyl sites for hydroxylation is 3. The molecule has 1 heterocycles. The van der Waals surface area contributed by atoms with Gasteiger partial charge in [-0.15, -0.1) is 0 Å². The van der Waals surface area contributed by atoms with Crippen molar-refractivity contribution in [1.82, 2.24) is 4.90 Å². The fraction of sp³-hybridized carbons (Fsp3) is 0.588. The number of hydrogen-bond acceptors (Lipinski definition) is 2. The number of likely N-dealkylation sites (tertiary alicyclic amines) is 1. The van der Waals surface area contributed by atoms with E-state index in [9.17, 15) is 9.90 Å². The van der Waals surface area contributed by atoms with E-state index in [2.05, 4.69) is 32.0 Å². The van der Waals surface area contributed by atoms with E-state index < -0.39 is 0 Å². The number of β-amino-alcohol motifs (C(OH)–C–C–N with tert-alkyl or cyclic N) is 1. The van der Waals surface area contributed by atoms with Gasteiger partial charge in [0.1, 0.15) is 0 Å². The molecule has 2 atom stereocenters. The summed E-state index contributed by atoms with van der Waals surface area (Å²) in [6.07, 6.45) is 1.85. The van der Waals surface area contributed by atoms with Crippen LogP contribution in [0.4, 0.5) is 0 Å². The molecule has 1 saturated heterocycles. The Labute approximate surface area is 121 Å². The number of carbonyl (C=O) groups excluding carboxylic acids is 1. The van der Waals surface area contributed by atoms with Gasteiger partial charge < -0.3 is 10.0 Å². The smallest absolute Gasteiger partial charge is 0.222 e. The number of aliphatic hydroxyl groups excluding tert-OH is 1. The molecule has 3 heteroatoms. The van der Waals surface area contributed by atoms with Gasteiger partial charge in [-0.25, -0.2) is 0 Å². The highest BCUT2D eigenvalue weighted by Crippen LogP contribution is 2.18. The van der Waals surface area contributed by atoms with Crippen LogP contribution in [-0.2, 0) is 11.2 Å². The van der Waals surface area contributed by atoms with Crippen molar-refractivity contribution in [3.05, 3.63) is 34.9 Å². The second-order valence-corrected chi connectivity index (χ2v) is 6.17. The molecule has 20 heavy (non-hydrogen) atoms. The second kappa shape index (κ2) is 6.40. The lowest BCUT2D eigenvalue weighted by Crippen LogP contribution is -2.45. The highest BCUT2D eigenvalue weighted by atomic mass is 16.3. The van der Waals surface area contributed by atoms with Crippen LogP contribution >= 0.6 is 0 Å². The summed E-state index contributed by atoms with van der Waals surface area (Å²) in [6, 6.07) is 6.44. The summed E-state index contributed by atoms with van der Waals surface area (Å²) in [5, 5.41) is 9.86. The molecular weight excluding hydrogens is 250 g/mol. The Balaban J connectivity index is 1.89. The van der Waals surface area contributed by atoms with Crippen molar-refractivity contribution in [2.45, 2.75) is 46.1 Å². The Bertz CT molecular complexity index is 464. The van der Waals surface area contributed by atoms with Gasteiger partial charge in [0, 0.05) is 19.5 Å². The van der Waals surface area contributed by atoms with E-state index in [1.54, 1.807) is 0 Å². The first-order chi connectivity index (χ1) is 9.45. The lowest BCUT2D eigenvalue weighted by atomic mass is 9.95. The molecule has 2 unspecified atom stereocenters. The largest absolute Gasteiger partial charge is 0.391 e. The number of nitrogens with zero attached hydrogens (tertiary/aromatic N) is 1. The number of carbonyl (C=O) groups is 1. The fourth-order valence-corrected chi connectivity index (χ4v) is 2.90. The van der Waals surface area contributed by atoms with Crippen LogP contribution in [0.15, 0.2) is 18.2 Å². The zero-order valence-electron chi connectivity index (χ0n) is 12.7. The summed E-state index contributed by atoms with van der Waals surface area (Å²) >= 11 is 0. The molecule has 2 rings (SSSR count). The van der Waals surface area contributed by atoms with E-state index in [4.69, 9.17) is 0 Å². The Morgan fingerprint density at radius 1 is 1.30 bits per heavy atom. The molecule has 0 bridgehead atoms. The minimum absolute atomic E-state index is 0.162. The topological polar surface area (TPSA) is 40.5 Å². The molecule has 110 valence electrons.